The average molecular weight is 291 g/mol. The zero-order chi connectivity index (χ0) is 15.7. The van der Waals surface area contributed by atoms with E-state index in [4.69, 9.17) is 0 Å². The average Bonchev–Trinajstić information content (AvgIpc) is 2.94. The van der Waals surface area contributed by atoms with Crippen LogP contribution in [-0.2, 0) is 0 Å². The number of ketones is 1. The highest BCUT2D eigenvalue weighted by atomic mass is 16.1. The Kier molecular flexibility index (Phi) is 3.84. The Morgan fingerprint density at radius 1 is 1.09 bits per heavy atom. The fourth-order valence-electron chi connectivity index (χ4n) is 2.81. The number of fused-ring (bicyclic) bond motifs is 1. The molecule has 0 saturated heterocycles. The summed E-state index contributed by atoms with van der Waals surface area (Å²) in [5.41, 5.74) is 3.84. The van der Waals surface area contributed by atoms with Gasteiger partial charge in [-0.3, -0.25) is 4.79 Å². The van der Waals surface area contributed by atoms with Gasteiger partial charge in [0.1, 0.15) is 0 Å². The number of nitrogens with zero attached hydrogens (tertiary/aromatic N) is 1. The van der Waals surface area contributed by atoms with Gasteiger partial charge in [-0.15, -0.1) is 0 Å². The van der Waals surface area contributed by atoms with Gasteiger partial charge in [0.15, 0.2) is 5.78 Å². The molecule has 112 valence electrons. The van der Waals surface area contributed by atoms with Crippen LogP contribution in [0.25, 0.3) is 10.9 Å². The van der Waals surface area contributed by atoms with Gasteiger partial charge in [0.05, 0.1) is 0 Å². The molecular formula is C20H21NO. The second kappa shape index (κ2) is 5.80. The molecule has 0 spiro atoms. The summed E-state index contributed by atoms with van der Waals surface area (Å²) >= 11 is 0. The predicted molar refractivity (Wildman–Crippen MR) is 91.6 cm³/mol. The highest BCUT2D eigenvalue weighted by molar-refractivity contribution is 6.16. The third kappa shape index (κ3) is 2.45. The van der Waals surface area contributed by atoms with E-state index in [1.165, 1.54) is 5.56 Å². The number of rotatable bonds is 4. The molecule has 1 heterocycles. The Morgan fingerprint density at radius 2 is 1.77 bits per heavy atom. The van der Waals surface area contributed by atoms with Gasteiger partial charge in [-0.1, -0.05) is 55.0 Å². The fourth-order valence-corrected chi connectivity index (χ4v) is 2.81. The third-order valence-corrected chi connectivity index (χ3v) is 4.36. The molecule has 0 aliphatic carbocycles. The molecule has 1 aromatic heterocycles. The minimum Gasteiger partial charge on any atom is -0.344 e. The number of aryl methyl sites for hydroxylation is 1. The molecule has 22 heavy (non-hydrogen) atoms. The van der Waals surface area contributed by atoms with Crippen molar-refractivity contribution in [2.45, 2.75) is 33.2 Å². The molecule has 0 aliphatic rings. The van der Waals surface area contributed by atoms with Crippen molar-refractivity contribution >= 4 is 16.7 Å². The second-order valence-electron chi connectivity index (χ2n) is 5.92. The van der Waals surface area contributed by atoms with Gasteiger partial charge in [0.25, 0.3) is 0 Å². The van der Waals surface area contributed by atoms with Crippen molar-refractivity contribution in [2.75, 3.05) is 0 Å². The number of aromatic nitrogens is 1. The van der Waals surface area contributed by atoms with Gasteiger partial charge in [-0.2, -0.15) is 0 Å². The number of carbonyl (C=O) groups is 1. The summed E-state index contributed by atoms with van der Waals surface area (Å²) in [6, 6.07) is 16.3. The normalized spacial score (nSPS) is 12.5. The summed E-state index contributed by atoms with van der Waals surface area (Å²) in [6.45, 7) is 6.39. The minimum absolute atomic E-state index is 0.0956. The van der Waals surface area contributed by atoms with Gasteiger partial charge in [-0.25, -0.2) is 0 Å². The van der Waals surface area contributed by atoms with E-state index in [2.05, 4.69) is 24.5 Å². The molecule has 3 aromatic rings. The smallest absolute Gasteiger partial charge is 0.195 e. The van der Waals surface area contributed by atoms with Crippen LogP contribution in [0.3, 0.4) is 0 Å². The zero-order valence-electron chi connectivity index (χ0n) is 13.3. The van der Waals surface area contributed by atoms with Gasteiger partial charge in [0.2, 0.25) is 0 Å². The van der Waals surface area contributed by atoms with Crippen LogP contribution in [0.15, 0.2) is 54.7 Å². The molecule has 2 heteroatoms. The molecule has 0 saturated carbocycles. The van der Waals surface area contributed by atoms with Crippen LogP contribution >= 0.6 is 0 Å². The lowest BCUT2D eigenvalue weighted by Crippen LogP contribution is -2.03. The number of benzene rings is 2. The van der Waals surface area contributed by atoms with Gasteiger partial charge in [-0.05, 0) is 26.3 Å². The van der Waals surface area contributed by atoms with Crippen LogP contribution in [0.4, 0.5) is 0 Å². The van der Waals surface area contributed by atoms with Crippen molar-refractivity contribution in [3.05, 3.63) is 71.4 Å². The van der Waals surface area contributed by atoms with Gasteiger partial charge in [0, 0.05) is 34.3 Å². The highest BCUT2D eigenvalue weighted by Crippen LogP contribution is 2.27. The Morgan fingerprint density at radius 3 is 2.45 bits per heavy atom. The Bertz CT molecular complexity index is 811. The van der Waals surface area contributed by atoms with E-state index >= 15 is 0 Å². The lowest BCUT2D eigenvalue weighted by Gasteiger charge is -2.12. The molecule has 2 nitrogen and oxygen atoms in total. The summed E-state index contributed by atoms with van der Waals surface area (Å²) in [5, 5.41) is 1.04. The van der Waals surface area contributed by atoms with Gasteiger partial charge < -0.3 is 4.57 Å². The van der Waals surface area contributed by atoms with E-state index in [1.54, 1.807) is 0 Å². The summed E-state index contributed by atoms with van der Waals surface area (Å²) in [6.07, 6.45) is 3.05. The third-order valence-electron chi connectivity index (χ3n) is 4.36. The Balaban J connectivity index is 2.14. The SMILES string of the molecule is CCC(C)n1cc(C(=O)c2ccc(C)cc2)c2ccccc21. The first-order chi connectivity index (χ1) is 10.6. The molecule has 2 aromatic carbocycles. The van der Waals surface area contributed by atoms with Crippen LogP contribution in [-0.4, -0.2) is 10.4 Å². The minimum atomic E-state index is 0.0956. The van der Waals surface area contributed by atoms with Crippen molar-refractivity contribution < 1.29 is 4.79 Å². The van der Waals surface area contributed by atoms with Crippen LogP contribution in [0.1, 0.15) is 47.8 Å². The summed E-state index contributed by atoms with van der Waals surface area (Å²) in [4.78, 5) is 12.9. The molecule has 1 atom stereocenters. The number of para-hydroxylation sites is 1. The lowest BCUT2D eigenvalue weighted by molar-refractivity contribution is 0.104. The first-order valence-electron chi connectivity index (χ1n) is 7.82. The topological polar surface area (TPSA) is 22.0 Å². The molecule has 0 bridgehead atoms. The fraction of sp³-hybridized carbons (Fsp3) is 0.250. The van der Waals surface area contributed by atoms with Crippen molar-refractivity contribution in [1.29, 1.82) is 0 Å². The van der Waals surface area contributed by atoms with Crippen LogP contribution in [0, 0.1) is 6.92 Å². The van der Waals surface area contributed by atoms with Crippen LogP contribution in [0.2, 0.25) is 0 Å². The molecule has 0 amide bonds. The number of hydrogen-bond donors (Lipinski definition) is 0. The van der Waals surface area contributed by atoms with Crippen molar-refractivity contribution in [3.63, 3.8) is 0 Å². The van der Waals surface area contributed by atoms with Crippen LogP contribution < -0.4 is 0 Å². The maximum Gasteiger partial charge on any atom is 0.195 e. The van der Waals surface area contributed by atoms with Crippen molar-refractivity contribution in [3.8, 4) is 0 Å². The second-order valence-corrected chi connectivity index (χ2v) is 5.92. The maximum absolute atomic E-state index is 12.9. The molecule has 0 aliphatic heterocycles. The molecule has 3 rings (SSSR count). The first kappa shape index (κ1) is 14.6. The van der Waals surface area contributed by atoms with E-state index in [-0.39, 0.29) is 5.78 Å². The molecule has 1 unspecified atom stereocenters. The summed E-state index contributed by atoms with van der Waals surface area (Å²) < 4.78 is 2.22. The summed E-state index contributed by atoms with van der Waals surface area (Å²) in [5.74, 6) is 0.0956. The number of hydrogen-bond acceptors (Lipinski definition) is 1. The predicted octanol–water partition coefficient (Wildman–Crippen LogP) is 5.15. The summed E-state index contributed by atoms with van der Waals surface area (Å²) in [7, 11) is 0. The molecular weight excluding hydrogens is 270 g/mol. The van der Waals surface area contributed by atoms with E-state index in [0.717, 1.165) is 28.5 Å². The highest BCUT2D eigenvalue weighted by Gasteiger charge is 2.18. The molecule has 0 N–H and O–H groups in total. The first-order valence-corrected chi connectivity index (χ1v) is 7.82. The molecule has 0 fully saturated rings. The lowest BCUT2D eigenvalue weighted by atomic mass is 10.0. The monoisotopic (exact) mass is 291 g/mol. The maximum atomic E-state index is 12.9. The van der Waals surface area contributed by atoms with E-state index in [9.17, 15) is 4.79 Å². The quantitative estimate of drug-likeness (QED) is 0.609. The van der Waals surface area contributed by atoms with E-state index < -0.39 is 0 Å². The van der Waals surface area contributed by atoms with Crippen molar-refractivity contribution in [1.82, 2.24) is 4.57 Å². The molecule has 0 radical (unpaired) electrons. The van der Waals surface area contributed by atoms with Gasteiger partial charge >= 0.3 is 0 Å². The standard InChI is InChI=1S/C20H21NO/c1-4-15(3)21-13-18(17-7-5-6-8-19(17)21)20(22)16-11-9-14(2)10-12-16/h5-13,15H,4H2,1-3H3. The van der Waals surface area contributed by atoms with E-state index in [1.807, 2.05) is 55.6 Å². The Labute approximate surface area is 131 Å². The largest absolute Gasteiger partial charge is 0.344 e. The van der Waals surface area contributed by atoms with Crippen LogP contribution in [0.5, 0.6) is 0 Å². The zero-order valence-corrected chi connectivity index (χ0v) is 13.3. The van der Waals surface area contributed by atoms with Crippen molar-refractivity contribution in [2.24, 2.45) is 0 Å². The Hall–Kier alpha value is -2.35. The number of carbonyl (C=O) groups excluding carboxylic acids is 1. The van der Waals surface area contributed by atoms with E-state index in [0.29, 0.717) is 6.04 Å².